The van der Waals surface area contributed by atoms with Crippen LogP contribution in [0.4, 0.5) is 10.1 Å². The molecule has 1 heterocycles. The predicted molar refractivity (Wildman–Crippen MR) is 101 cm³/mol. The molecule has 0 saturated carbocycles. The molecule has 27 heavy (non-hydrogen) atoms. The highest BCUT2D eigenvalue weighted by Gasteiger charge is 2.29. The Labute approximate surface area is 160 Å². The monoisotopic (exact) mass is 392 g/mol. The number of carbonyl (C=O) groups excluding carboxylic acids is 3. The Morgan fingerprint density at radius 2 is 1.78 bits per heavy atom. The van der Waals surface area contributed by atoms with Gasteiger partial charge in [0.25, 0.3) is 11.8 Å². The van der Waals surface area contributed by atoms with E-state index in [0.717, 1.165) is 0 Å². The number of halogens is 1. The number of carbonyl (C=O) groups is 3. The number of esters is 1. The molecule has 0 bridgehead atoms. The maximum Gasteiger partial charge on any atom is 0.329 e. The van der Waals surface area contributed by atoms with E-state index < -0.39 is 29.8 Å². The van der Waals surface area contributed by atoms with Crippen LogP contribution >= 0.6 is 11.3 Å². The molecule has 2 atom stereocenters. The lowest BCUT2D eigenvalue weighted by atomic mass is 10.0. The molecule has 6 nitrogen and oxygen atoms in total. The molecule has 0 aliphatic rings. The third kappa shape index (κ3) is 5.62. The van der Waals surface area contributed by atoms with Gasteiger partial charge in [-0.25, -0.2) is 9.18 Å². The summed E-state index contributed by atoms with van der Waals surface area (Å²) in [5, 5.41) is 6.75. The summed E-state index contributed by atoms with van der Waals surface area (Å²) in [6, 6.07) is 8.15. The SMILES string of the molecule is CC(C)[C@H](NC(=O)c1cccs1)C(=O)O[C@@H](C)C(=O)Nc1ccccc1F. The average Bonchev–Trinajstić information content (AvgIpc) is 3.15. The van der Waals surface area contributed by atoms with Crippen molar-refractivity contribution in [3.63, 3.8) is 0 Å². The van der Waals surface area contributed by atoms with E-state index in [4.69, 9.17) is 4.74 Å². The Bertz CT molecular complexity index is 808. The maximum atomic E-state index is 13.6. The van der Waals surface area contributed by atoms with Crippen molar-refractivity contribution in [3.05, 3.63) is 52.5 Å². The molecule has 0 radical (unpaired) electrons. The topological polar surface area (TPSA) is 84.5 Å². The van der Waals surface area contributed by atoms with Crippen LogP contribution in [0.5, 0.6) is 0 Å². The fourth-order valence-electron chi connectivity index (χ4n) is 2.22. The lowest BCUT2D eigenvalue weighted by molar-refractivity contribution is -0.156. The molecule has 2 amide bonds. The van der Waals surface area contributed by atoms with Crippen LogP contribution in [0.15, 0.2) is 41.8 Å². The van der Waals surface area contributed by atoms with Gasteiger partial charge >= 0.3 is 5.97 Å². The number of benzene rings is 1. The molecule has 2 rings (SSSR count). The zero-order chi connectivity index (χ0) is 20.0. The molecule has 2 aromatic rings. The van der Waals surface area contributed by atoms with E-state index in [0.29, 0.717) is 4.88 Å². The van der Waals surface area contributed by atoms with Gasteiger partial charge in [-0.1, -0.05) is 32.0 Å². The maximum absolute atomic E-state index is 13.6. The van der Waals surface area contributed by atoms with Gasteiger partial charge in [-0.2, -0.15) is 0 Å². The molecule has 0 saturated heterocycles. The van der Waals surface area contributed by atoms with Crippen molar-refractivity contribution in [1.82, 2.24) is 5.32 Å². The minimum atomic E-state index is -1.16. The van der Waals surface area contributed by atoms with Crippen LogP contribution in [-0.2, 0) is 14.3 Å². The second-order valence-electron chi connectivity index (χ2n) is 6.22. The van der Waals surface area contributed by atoms with Gasteiger partial charge < -0.3 is 15.4 Å². The van der Waals surface area contributed by atoms with Crippen LogP contribution in [0, 0.1) is 11.7 Å². The largest absolute Gasteiger partial charge is 0.451 e. The van der Waals surface area contributed by atoms with E-state index in [1.807, 2.05) is 0 Å². The van der Waals surface area contributed by atoms with E-state index >= 15 is 0 Å². The minimum absolute atomic E-state index is 0.00296. The quantitative estimate of drug-likeness (QED) is 0.709. The first-order valence-electron chi connectivity index (χ1n) is 8.40. The Morgan fingerprint density at radius 1 is 1.07 bits per heavy atom. The highest BCUT2D eigenvalue weighted by atomic mass is 32.1. The van der Waals surface area contributed by atoms with Crippen LogP contribution in [0.3, 0.4) is 0 Å². The molecule has 2 N–H and O–H groups in total. The first kappa shape index (κ1) is 20.6. The van der Waals surface area contributed by atoms with Crippen LogP contribution in [0.1, 0.15) is 30.4 Å². The molecule has 144 valence electrons. The average molecular weight is 392 g/mol. The van der Waals surface area contributed by atoms with Crippen LogP contribution in [0.25, 0.3) is 0 Å². The molecule has 8 heteroatoms. The number of hydrogen-bond donors (Lipinski definition) is 2. The van der Waals surface area contributed by atoms with Crippen molar-refractivity contribution < 1.29 is 23.5 Å². The number of rotatable bonds is 7. The van der Waals surface area contributed by atoms with Gasteiger partial charge in [0.2, 0.25) is 0 Å². The van der Waals surface area contributed by atoms with E-state index in [1.165, 1.54) is 36.5 Å². The number of thiophene rings is 1. The molecule has 1 aromatic heterocycles. The lowest BCUT2D eigenvalue weighted by Gasteiger charge is -2.22. The van der Waals surface area contributed by atoms with Gasteiger partial charge in [0.1, 0.15) is 11.9 Å². The molecule has 1 aromatic carbocycles. The first-order chi connectivity index (χ1) is 12.8. The number of para-hydroxylation sites is 1. The van der Waals surface area contributed by atoms with Crippen LogP contribution in [0.2, 0.25) is 0 Å². The summed E-state index contributed by atoms with van der Waals surface area (Å²) in [5.74, 6) is -2.62. The summed E-state index contributed by atoms with van der Waals surface area (Å²) in [4.78, 5) is 37.3. The Balaban J connectivity index is 1.98. The lowest BCUT2D eigenvalue weighted by Crippen LogP contribution is -2.47. The first-order valence-corrected chi connectivity index (χ1v) is 9.27. The summed E-state index contributed by atoms with van der Waals surface area (Å²) in [5.41, 5.74) is -0.00296. The third-order valence-electron chi connectivity index (χ3n) is 3.75. The third-order valence-corrected chi connectivity index (χ3v) is 4.61. The highest BCUT2D eigenvalue weighted by Crippen LogP contribution is 2.14. The van der Waals surface area contributed by atoms with E-state index in [9.17, 15) is 18.8 Å². The fraction of sp³-hybridized carbons (Fsp3) is 0.316. The van der Waals surface area contributed by atoms with Gasteiger partial charge in [-0.05, 0) is 36.4 Å². The Hall–Kier alpha value is -2.74. The van der Waals surface area contributed by atoms with Crippen molar-refractivity contribution in [1.29, 1.82) is 0 Å². The summed E-state index contributed by atoms with van der Waals surface area (Å²) in [7, 11) is 0. The molecule has 0 unspecified atom stereocenters. The smallest absolute Gasteiger partial charge is 0.329 e. The second-order valence-corrected chi connectivity index (χ2v) is 7.17. The van der Waals surface area contributed by atoms with Crippen molar-refractivity contribution >= 4 is 34.8 Å². The van der Waals surface area contributed by atoms with Crippen molar-refractivity contribution in [2.75, 3.05) is 5.32 Å². The van der Waals surface area contributed by atoms with Crippen molar-refractivity contribution in [2.45, 2.75) is 32.9 Å². The van der Waals surface area contributed by atoms with Crippen molar-refractivity contribution in [3.8, 4) is 0 Å². The Kier molecular flexibility index (Phi) is 7.06. The van der Waals surface area contributed by atoms with E-state index in [1.54, 1.807) is 37.4 Å². The molecule has 0 aliphatic carbocycles. The van der Waals surface area contributed by atoms with Gasteiger partial charge in [0, 0.05) is 0 Å². The minimum Gasteiger partial charge on any atom is -0.451 e. The summed E-state index contributed by atoms with van der Waals surface area (Å²) < 4.78 is 18.8. The van der Waals surface area contributed by atoms with E-state index in [2.05, 4.69) is 10.6 Å². The number of amides is 2. The zero-order valence-corrected chi connectivity index (χ0v) is 16.0. The van der Waals surface area contributed by atoms with Gasteiger partial charge in [-0.3, -0.25) is 9.59 Å². The zero-order valence-electron chi connectivity index (χ0n) is 15.2. The number of ether oxygens (including phenoxy) is 1. The summed E-state index contributed by atoms with van der Waals surface area (Å²) in [6.07, 6.45) is -1.16. The van der Waals surface area contributed by atoms with Crippen molar-refractivity contribution in [2.24, 2.45) is 5.92 Å². The van der Waals surface area contributed by atoms with Gasteiger partial charge in [-0.15, -0.1) is 11.3 Å². The predicted octanol–water partition coefficient (Wildman–Crippen LogP) is 3.21. The summed E-state index contributed by atoms with van der Waals surface area (Å²) >= 11 is 1.25. The number of nitrogens with one attached hydrogen (secondary N) is 2. The normalized spacial score (nSPS) is 12.9. The molecule has 0 spiro atoms. The molecular formula is C19H21FN2O4S. The summed E-state index contributed by atoms with van der Waals surface area (Å²) in [6.45, 7) is 4.89. The second kappa shape index (κ2) is 9.27. The standard InChI is InChI=1S/C19H21FN2O4S/c1-11(2)16(22-18(24)15-9-6-10-27-15)19(25)26-12(3)17(23)21-14-8-5-4-7-13(14)20/h4-12,16H,1-3H3,(H,21,23)(H,22,24)/t12-,16-/m0/s1. The highest BCUT2D eigenvalue weighted by molar-refractivity contribution is 7.12. The van der Waals surface area contributed by atoms with E-state index in [-0.39, 0.29) is 17.5 Å². The van der Waals surface area contributed by atoms with Crippen LogP contribution < -0.4 is 10.6 Å². The molecule has 0 aliphatic heterocycles. The number of hydrogen-bond acceptors (Lipinski definition) is 5. The number of anilines is 1. The fourth-order valence-corrected chi connectivity index (χ4v) is 2.84. The van der Waals surface area contributed by atoms with Gasteiger partial charge in [0.05, 0.1) is 10.6 Å². The Morgan fingerprint density at radius 3 is 2.37 bits per heavy atom. The molecule has 0 fully saturated rings. The van der Waals surface area contributed by atoms with Gasteiger partial charge in [0.15, 0.2) is 6.10 Å². The van der Waals surface area contributed by atoms with Crippen LogP contribution in [-0.4, -0.2) is 29.9 Å². The molecular weight excluding hydrogens is 371 g/mol.